The Balaban J connectivity index is 3.37. The van der Waals surface area contributed by atoms with Gasteiger partial charge in [0.05, 0.1) is 12.1 Å². The molecule has 14 heavy (non-hydrogen) atoms. The fourth-order valence-electron chi connectivity index (χ4n) is 1.54. The molecule has 1 aromatic rings. The quantitative estimate of drug-likeness (QED) is 0.706. The first-order chi connectivity index (χ1) is 6.60. The maximum Gasteiger partial charge on any atom is 0.158 e. The second kappa shape index (κ2) is 4.13. The van der Waals surface area contributed by atoms with E-state index in [0.29, 0.717) is 5.02 Å². The van der Waals surface area contributed by atoms with Crippen molar-refractivity contribution in [3.8, 4) is 12.1 Å². The van der Waals surface area contributed by atoms with Crippen LogP contribution in [0, 0.1) is 36.5 Å². The average molecular weight is 205 g/mol. The summed E-state index contributed by atoms with van der Waals surface area (Å²) in [5, 5.41) is 18.2. The summed E-state index contributed by atoms with van der Waals surface area (Å²) in [6, 6.07) is 7.47. The lowest BCUT2D eigenvalue weighted by Crippen LogP contribution is -1.99. The number of hydrogen-bond acceptors (Lipinski definition) is 2. The lowest BCUT2D eigenvalue weighted by molar-refractivity contribution is 1.05. The van der Waals surface area contributed by atoms with Crippen molar-refractivity contribution >= 4 is 11.6 Å². The largest absolute Gasteiger partial charge is 0.196 e. The van der Waals surface area contributed by atoms with Crippen LogP contribution in [0.3, 0.4) is 0 Å². The summed E-state index contributed by atoms with van der Waals surface area (Å²) in [6.07, 6.45) is 0. The van der Waals surface area contributed by atoms with Crippen molar-refractivity contribution in [3.63, 3.8) is 0 Å². The van der Waals surface area contributed by atoms with Gasteiger partial charge in [0.15, 0.2) is 5.92 Å². The molecular weight excluding hydrogens is 196 g/mol. The van der Waals surface area contributed by atoms with Gasteiger partial charge in [0.2, 0.25) is 0 Å². The zero-order valence-corrected chi connectivity index (χ0v) is 8.76. The Labute approximate surface area is 88.3 Å². The van der Waals surface area contributed by atoms with E-state index < -0.39 is 5.92 Å². The molecule has 1 aromatic carbocycles. The fraction of sp³-hybridized carbons (Fsp3) is 0.273. The summed E-state index contributed by atoms with van der Waals surface area (Å²) in [4.78, 5) is 0. The highest BCUT2D eigenvalue weighted by Gasteiger charge is 2.15. The molecule has 0 saturated carbocycles. The van der Waals surface area contributed by atoms with Gasteiger partial charge in [-0.1, -0.05) is 11.6 Å². The Hall–Kier alpha value is -1.51. The smallest absolute Gasteiger partial charge is 0.158 e. The second-order valence-electron chi connectivity index (χ2n) is 3.14. The molecule has 0 aliphatic rings. The first-order valence-corrected chi connectivity index (χ1v) is 4.53. The lowest BCUT2D eigenvalue weighted by atomic mass is 9.93. The molecule has 0 spiro atoms. The van der Waals surface area contributed by atoms with Crippen molar-refractivity contribution in [2.45, 2.75) is 19.8 Å². The maximum absolute atomic E-state index is 8.79. The number of halogens is 1. The minimum atomic E-state index is -0.702. The van der Waals surface area contributed by atoms with Gasteiger partial charge in [0, 0.05) is 5.02 Å². The third kappa shape index (κ3) is 1.87. The summed E-state index contributed by atoms with van der Waals surface area (Å²) in [5.74, 6) is -0.702. The van der Waals surface area contributed by atoms with Gasteiger partial charge in [0.25, 0.3) is 0 Å². The van der Waals surface area contributed by atoms with Crippen LogP contribution >= 0.6 is 11.6 Å². The van der Waals surface area contributed by atoms with Crippen LogP contribution in [-0.2, 0) is 0 Å². The summed E-state index contributed by atoms with van der Waals surface area (Å²) < 4.78 is 0. The van der Waals surface area contributed by atoms with E-state index in [2.05, 4.69) is 0 Å². The van der Waals surface area contributed by atoms with Crippen LogP contribution in [0.4, 0.5) is 0 Å². The molecule has 0 aliphatic heterocycles. The Morgan fingerprint density at radius 3 is 1.93 bits per heavy atom. The second-order valence-corrected chi connectivity index (χ2v) is 3.58. The van der Waals surface area contributed by atoms with Gasteiger partial charge >= 0.3 is 0 Å². The zero-order valence-electron chi connectivity index (χ0n) is 8.00. The summed E-state index contributed by atoms with van der Waals surface area (Å²) in [7, 11) is 0. The monoisotopic (exact) mass is 204 g/mol. The highest BCUT2D eigenvalue weighted by molar-refractivity contribution is 6.30. The van der Waals surface area contributed by atoms with Gasteiger partial charge in [-0.3, -0.25) is 0 Å². The lowest BCUT2D eigenvalue weighted by Gasteiger charge is -2.10. The predicted octanol–water partition coefficient (Wildman–Crippen LogP) is 3.09. The minimum Gasteiger partial charge on any atom is -0.196 e. The minimum absolute atomic E-state index is 0.637. The first-order valence-electron chi connectivity index (χ1n) is 4.16. The Morgan fingerprint density at radius 1 is 1.14 bits per heavy atom. The van der Waals surface area contributed by atoms with E-state index in [1.54, 1.807) is 12.1 Å². The van der Waals surface area contributed by atoms with Crippen molar-refractivity contribution in [3.05, 3.63) is 33.8 Å². The third-order valence-electron chi connectivity index (χ3n) is 2.11. The number of benzene rings is 1. The number of nitrogens with zero attached hydrogens (tertiary/aromatic N) is 2. The molecule has 3 heteroatoms. The van der Waals surface area contributed by atoms with E-state index in [0.717, 1.165) is 16.7 Å². The molecule has 0 aliphatic carbocycles. The Bertz CT molecular complexity index is 401. The summed E-state index contributed by atoms with van der Waals surface area (Å²) in [5.41, 5.74) is 2.56. The summed E-state index contributed by atoms with van der Waals surface area (Å²) in [6.45, 7) is 3.71. The van der Waals surface area contributed by atoms with Gasteiger partial charge in [-0.2, -0.15) is 10.5 Å². The number of hydrogen-bond donors (Lipinski definition) is 0. The van der Waals surface area contributed by atoms with E-state index in [9.17, 15) is 0 Å². The molecule has 0 heterocycles. The highest BCUT2D eigenvalue weighted by Crippen LogP contribution is 2.26. The van der Waals surface area contributed by atoms with Gasteiger partial charge in [-0.05, 0) is 42.7 Å². The molecule has 0 N–H and O–H groups in total. The van der Waals surface area contributed by atoms with Crippen LogP contribution in [-0.4, -0.2) is 0 Å². The summed E-state index contributed by atoms with van der Waals surface area (Å²) >= 11 is 5.85. The van der Waals surface area contributed by atoms with Crippen LogP contribution in [0.2, 0.25) is 5.02 Å². The Kier molecular flexibility index (Phi) is 3.12. The molecular formula is C11H9ClN2. The highest BCUT2D eigenvalue weighted by atomic mass is 35.5. The fourth-order valence-corrected chi connectivity index (χ4v) is 1.86. The molecule has 70 valence electrons. The molecule has 1 rings (SSSR count). The SMILES string of the molecule is Cc1cc(Cl)cc(C)c1C(C#N)C#N. The zero-order chi connectivity index (χ0) is 10.7. The van der Waals surface area contributed by atoms with E-state index in [-0.39, 0.29) is 0 Å². The van der Waals surface area contributed by atoms with Crippen LogP contribution < -0.4 is 0 Å². The van der Waals surface area contributed by atoms with Crippen LogP contribution in [0.1, 0.15) is 22.6 Å². The molecule has 0 saturated heterocycles. The standard InChI is InChI=1S/C11H9ClN2/c1-7-3-10(12)4-8(2)11(7)9(5-13)6-14/h3-4,9H,1-2H3. The van der Waals surface area contributed by atoms with Crippen molar-refractivity contribution in [1.29, 1.82) is 10.5 Å². The van der Waals surface area contributed by atoms with Crippen LogP contribution in [0.15, 0.2) is 12.1 Å². The molecule has 0 atom stereocenters. The van der Waals surface area contributed by atoms with Crippen LogP contribution in [0.25, 0.3) is 0 Å². The molecule has 0 unspecified atom stereocenters. The van der Waals surface area contributed by atoms with Gasteiger partial charge in [-0.15, -0.1) is 0 Å². The van der Waals surface area contributed by atoms with Crippen molar-refractivity contribution in [2.24, 2.45) is 0 Å². The first kappa shape index (κ1) is 10.6. The number of rotatable bonds is 1. The van der Waals surface area contributed by atoms with Crippen LogP contribution in [0.5, 0.6) is 0 Å². The predicted molar refractivity (Wildman–Crippen MR) is 54.9 cm³/mol. The number of nitriles is 2. The third-order valence-corrected chi connectivity index (χ3v) is 2.32. The Morgan fingerprint density at radius 2 is 1.57 bits per heavy atom. The molecule has 0 bridgehead atoms. The van der Waals surface area contributed by atoms with E-state index in [4.69, 9.17) is 22.1 Å². The van der Waals surface area contributed by atoms with E-state index >= 15 is 0 Å². The van der Waals surface area contributed by atoms with Crippen molar-refractivity contribution in [2.75, 3.05) is 0 Å². The van der Waals surface area contributed by atoms with E-state index in [1.807, 2.05) is 26.0 Å². The van der Waals surface area contributed by atoms with Crippen molar-refractivity contribution < 1.29 is 0 Å². The molecule has 2 nitrogen and oxygen atoms in total. The number of aryl methyl sites for hydroxylation is 2. The molecule has 0 aromatic heterocycles. The van der Waals surface area contributed by atoms with E-state index in [1.165, 1.54) is 0 Å². The molecule has 0 radical (unpaired) electrons. The van der Waals surface area contributed by atoms with Gasteiger partial charge in [-0.25, -0.2) is 0 Å². The van der Waals surface area contributed by atoms with Gasteiger partial charge < -0.3 is 0 Å². The molecule has 0 fully saturated rings. The maximum atomic E-state index is 8.79. The van der Waals surface area contributed by atoms with Crippen molar-refractivity contribution in [1.82, 2.24) is 0 Å². The average Bonchev–Trinajstić information content (AvgIpc) is 2.10. The topological polar surface area (TPSA) is 47.6 Å². The molecule has 0 amide bonds. The van der Waals surface area contributed by atoms with Gasteiger partial charge in [0.1, 0.15) is 0 Å². The normalized spacial score (nSPS) is 9.57.